The normalized spacial score (nSPS) is 16.8. The quantitative estimate of drug-likeness (QED) is 0.721. The minimum atomic E-state index is -0.292. The fraction of sp³-hybridized carbons (Fsp3) is 0.524. The molecule has 1 fully saturated rings. The molecule has 0 radical (unpaired) electrons. The molecule has 0 aliphatic carbocycles. The zero-order valence-corrected chi connectivity index (χ0v) is 16.5. The number of nitrogens with one attached hydrogen (secondary N) is 1. The van der Waals surface area contributed by atoms with Gasteiger partial charge in [-0.05, 0) is 56.9 Å². The first kappa shape index (κ1) is 19.6. The topological polar surface area (TPSA) is 67.5 Å². The Bertz CT molecular complexity index is 752. The molecule has 1 aliphatic rings. The molecule has 1 saturated heterocycles. The van der Waals surface area contributed by atoms with E-state index in [1.165, 1.54) is 0 Å². The standard InChI is InChI=1S/C21H29N3O3/c1-4-26-21(25)20-15(2)19(16(3)23-20)14-24(13-18-9-7-11-27-18)12-17-8-5-6-10-22-17/h5-6,8,10,18,23H,4,7,9,11-14H2,1-3H3. The van der Waals surface area contributed by atoms with Crippen LogP contribution in [0, 0.1) is 13.8 Å². The molecule has 0 spiro atoms. The summed E-state index contributed by atoms with van der Waals surface area (Å²) in [5, 5.41) is 0. The fourth-order valence-electron chi connectivity index (χ4n) is 3.64. The van der Waals surface area contributed by atoms with Crippen molar-refractivity contribution in [1.82, 2.24) is 14.9 Å². The van der Waals surface area contributed by atoms with Gasteiger partial charge in [-0.25, -0.2) is 4.79 Å². The Hall–Kier alpha value is -2.18. The highest BCUT2D eigenvalue weighted by Gasteiger charge is 2.23. The number of ether oxygens (including phenoxy) is 2. The van der Waals surface area contributed by atoms with E-state index in [9.17, 15) is 4.79 Å². The third-order valence-electron chi connectivity index (χ3n) is 5.05. The van der Waals surface area contributed by atoms with E-state index in [1.54, 1.807) is 0 Å². The summed E-state index contributed by atoms with van der Waals surface area (Å²) in [5.74, 6) is -0.292. The highest BCUT2D eigenvalue weighted by atomic mass is 16.5. The number of pyridine rings is 1. The van der Waals surface area contributed by atoms with E-state index in [0.29, 0.717) is 12.3 Å². The van der Waals surface area contributed by atoms with Gasteiger partial charge >= 0.3 is 5.97 Å². The predicted molar refractivity (Wildman–Crippen MR) is 104 cm³/mol. The summed E-state index contributed by atoms with van der Waals surface area (Å²) in [7, 11) is 0. The van der Waals surface area contributed by atoms with Gasteiger partial charge in [0.25, 0.3) is 0 Å². The average Bonchev–Trinajstić information content (AvgIpc) is 3.26. The van der Waals surface area contributed by atoms with Crippen molar-refractivity contribution in [2.45, 2.75) is 52.8 Å². The molecule has 1 unspecified atom stereocenters. The van der Waals surface area contributed by atoms with Gasteiger partial charge in [0.15, 0.2) is 0 Å². The zero-order chi connectivity index (χ0) is 19.2. The molecule has 0 saturated carbocycles. The van der Waals surface area contributed by atoms with Gasteiger partial charge in [-0.15, -0.1) is 0 Å². The number of esters is 1. The molecule has 1 atom stereocenters. The van der Waals surface area contributed by atoms with Gasteiger partial charge in [-0.1, -0.05) is 6.07 Å². The highest BCUT2D eigenvalue weighted by molar-refractivity contribution is 5.89. The van der Waals surface area contributed by atoms with Crippen LogP contribution in [0.3, 0.4) is 0 Å². The van der Waals surface area contributed by atoms with Gasteiger partial charge in [0.2, 0.25) is 0 Å². The van der Waals surface area contributed by atoms with E-state index in [-0.39, 0.29) is 12.1 Å². The Kier molecular flexibility index (Phi) is 6.63. The van der Waals surface area contributed by atoms with Crippen molar-refractivity contribution in [1.29, 1.82) is 0 Å². The number of carbonyl (C=O) groups is 1. The van der Waals surface area contributed by atoms with Crippen LogP contribution in [0.15, 0.2) is 24.4 Å². The maximum Gasteiger partial charge on any atom is 0.355 e. The molecule has 2 aromatic heterocycles. The molecule has 3 rings (SSSR count). The number of aromatic amines is 1. The number of nitrogens with zero attached hydrogens (tertiary/aromatic N) is 2. The van der Waals surface area contributed by atoms with Crippen molar-refractivity contribution in [3.8, 4) is 0 Å². The van der Waals surface area contributed by atoms with Gasteiger partial charge < -0.3 is 14.5 Å². The van der Waals surface area contributed by atoms with Crippen molar-refractivity contribution in [2.24, 2.45) is 0 Å². The predicted octanol–water partition coefficient (Wildman–Crippen LogP) is 3.38. The van der Waals surface area contributed by atoms with Gasteiger partial charge in [-0.3, -0.25) is 9.88 Å². The molecule has 0 amide bonds. The second-order valence-electron chi connectivity index (χ2n) is 7.07. The van der Waals surface area contributed by atoms with Crippen LogP contribution >= 0.6 is 0 Å². The lowest BCUT2D eigenvalue weighted by Gasteiger charge is -2.25. The first-order valence-electron chi connectivity index (χ1n) is 9.67. The number of hydrogen-bond donors (Lipinski definition) is 1. The smallest absolute Gasteiger partial charge is 0.355 e. The third kappa shape index (κ3) is 4.96. The summed E-state index contributed by atoms with van der Waals surface area (Å²) >= 11 is 0. The lowest BCUT2D eigenvalue weighted by atomic mass is 10.1. The lowest BCUT2D eigenvalue weighted by Crippen LogP contribution is -2.32. The summed E-state index contributed by atoms with van der Waals surface area (Å²) in [6.45, 7) is 9.37. The van der Waals surface area contributed by atoms with E-state index >= 15 is 0 Å². The molecular formula is C21H29N3O3. The number of hydrogen-bond acceptors (Lipinski definition) is 5. The number of aromatic nitrogens is 2. The molecule has 3 heterocycles. The molecule has 6 heteroatoms. The summed E-state index contributed by atoms with van der Waals surface area (Å²) < 4.78 is 11.0. The number of aryl methyl sites for hydroxylation is 1. The van der Waals surface area contributed by atoms with Crippen molar-refractivity contribution in [2.75, 3.05) is 19.8 Å². The second kappa shape index (κ2) is 9.15. The van der Waals surface area contributed by atoms with Crippen molar-refractivity contribution in [3.63, 3.8) is 0 Å². The van der Waals surface area contributed by atoms with Gasteiger partial charge in [0.1, 0.15) is 5.69 Å². The molecule has 146 valence electrons. The van der Waals surface area contributed by atoms with Gasteiger partial charge in [-0.2, -0.15) is 0 Å². The van der Waals surface area contributed by atoms with E-state index in [2.05, 4.69) is 14.9 Å². The fourth-order valence-corrected chi connectivity index (χ4v) is 3.64. The highest BCUT2D eigenvalue weighted by Crippen LogP contribution is 2.23. The van der Waals surface area contributed by atoms with Crippen LogP contribution in [0.2, 0.25) is 0 Å². The molecule has 2 aromatic rings. The van der Waals surface area contributed by atoms with Crippen LogP contribution in [0.5, 0.6) is 0 Å². The zero-order valence-electron chi connectivity index (χ0n) is 16.5. The summed E-state index contributed by atoms with van der Waals surface area (Å²) in [5.41, 5.74) is 4.71. The van der Waals surface area contributed by atoms with Crippen LogP contribution in [-0.2, 0) is 22.6 Å². The average molecular weight is 371 g/mol. The Morgan fingerprint density at radius 3 is 2.89 bits per heavy atom. The third-order valence-corrected chi connectivity index (χ3v) is 5.05. The van der Waals surface area contributed by atoms with Gasteiger partial charge in [0, 0.05) is 38.1 Å². The first-order chi connectivity index (χ1) is 13.1. The molecule has 1 N–H and O–H groups in total. The van der Waals surface area contributed by atoms with Crippen LogP contribution in [-0.4, -0.2) is 46.7 Å². The number of rotatable bonds is 8. The number of carbonyl (C=O) groups excluding carboxylic acids is 1. The van der Waals surface area contributed by atoms with Crippen LogP contribution in [0.1, 0.15) is 52.8 Å². The Labute approximate surface area is 160 Å². The van der Waals surface area contributed by atoms with Crippen LogP contribution in [0.4, 0.5) is 0 Å². The van der Waals surface area contributed by atoms with E-state index in [4.69, 9.17) is 9.47 Å². The van der Waals surface area contributed by atoms with E-state index in [0.717, 1.165) is 61.6 Å². The Morgan fingerprint density at radius 2 is 2.22 bits per heavy atom. The minimum Gasteiger partial charge on any atom is -0.461 e. The molecule has 1 aliphatic heterocycles. The van der Waals surface area contributed by atoms with E-state index in [1.807, 2.05) is 45.2 Å². The molecular weight excluding hydrogens is 342 g/mol. The van der Waals surface area contributed by atoms with Crippen molar-refractivity contribution < 1.29 is 14.3 Å². The largest absolute Gasteiger partial charge is 0.461 e. The minimum absolute atomic E-state index is 0.262. The summed E-state index contributed by atoms with van der Waals surface area (Å²) in [6, 6.07) is 5.99. The van der Waals surface area contributed by atoms with Crippen molar-refractivity contribution >= 4 is 5.97 Å². The van der Waals surface area contributed by atoms with Crippen LogP contribution < -0.4 is 0 Å². The Morgan fingerprint density at radius 1 is 1.37 bits per heavy atom. The lowest BCUT2D eigenvalue weighted by molar-refractivity contribution is 0.0518. The first-order valence-corrected chi connectivity index (χ1v) is 9.67. The second-order valence-corrected chi connectivity index (χ2v) is 7.07. The molecule has 0 bridgehead atoms. The summed E-state index contributed by atoms with van der Waals surface area (Å²) in [4.78, 5) is 22.2. The van der Waals surface area contributed by atoms with E-state index < -0.39 is 0 Å². The monoisotopic (exact) mass is 371 g/mol. The molecule has 0 aromatic carbocycles. The van der Waals surface area contributed by atoms with Crippen LogP contribution in [0.25, 0.3) is 0 Å². The SMILES string of the molecule is CCOC(=O)c1[nH]c(C)c(CN(Cc2ccccn2)CC2CCCO2)c1C. The van der Waals surface area contributed by atoms with Crippen molar-refractivity contribution in [3.05, 3.63) is 52.6 Å². The maximum absolute atomic E-state index is 12.2. The molecule has 27 heavy (non-hydrogen) atoms. The Balaban J connectivity index is 1.79. The maximum atomic E-state index is 12.2. The molecule has 6 nitrogen and oxygen atoms in total. The summed E-state index contributed by atoms with van der Waals surface area (Å²) in [6.07, 6.45) is 4.30. The van der Waals surface area contributed by atoms with Gasteiger partial charge in [0.05, 0.1) is 18.4 Å². The number of H-pyrrole nitrogens is 1.